The lowest BCUT2D eigenvalue weighted by Gasteiger charge is -2.22. The fraction of sp³-hybridized carbons (Fsp3) is 0.214. The Morgan fingerprint density at radius 3 is 2.32 bits per heavy atom. The lowest BCUT2D eigenvalue weighted by atomic mass is 9.91. The van der Waals surface area contributed by atoms with Crippen LogP contribution in [0.5, 0.6) is 0 Å². The number of carbonyl (C=O) groups excluding carboxylic acids is 2. The number of thioether (sulfide) groups is 1. The lowest BCUT2D eigenvalue weighted by molar-refractivity contribution is -0.123. The number of hydrogen-bond acceptors (Lipinski definition) is 3. The highest BCUT2D eigenvalue weighted by Gasteiger charge is 2.24. The number of H-pyrrole nitrogens is 1. The third-order valence-corrected chi connectivity index (χ3v) is 6.59. The summed E-state index contributed by atoms with van der Waals surface area (Å²) in [7, 11) is 0. The first-order valence-electron chi connectivity index (χ1n) is 11.4. The number of para-hydroxylation sites is 1. The fourth-order valence-electron chi connectivity index (χ4n) is 4.14. The van der Waals surface area contributed by atoms with Gasteiger partial charge in [-0.3, -0.25) is 9.59 Å². The van der Waals surface area contributed by atoms with Gasteiger partial charge in [0.1, 0.15) is 6.04 Å². The summed E-state index contributed by atoms with van der Waals surface area (Å²) in [6.07, 6.45) is 4.59. The summed E-state index contributed by atoms with van der Waals surface area (Å²) in [5.41, 5.74) is 3.88. The third kappa shape index (κ3) is 5.69. The van der Waals surface area contributed by atoms with Gasteiger partial charge in [-0.15, -0.1) is 0 Å². The summed E-state index contributed by atoms with van der Waals surface area (Å²) in [5.74, 6) is 0.349. The van der Waals surface area contributed by atoms with E-state index in [0.717, 1.165) is 27.8 Å². The van der Waals surface area contributed by atoms with Crippen molar-refractivity contribution >= 4 is 34.5 Å². The van der Waals surface area contributed by atoms with Gasteiger partial charge in [0.15, 0.2) is 0 Å². The van der Waals surface area contributed by atoms with Crippen molar-refractivity contribution in [1.82, 2.24) is 15.6 Å². The Hall–Kier alpha value is -3.51. The van der Waals surface area contributed by atoms with Crippen LogP contribution >= 0.6 is 11.8 Å². The highest BCUT2D eigenvalue weighted by Crippen LogP contribution is 2.30. The third-order valence-electron chi connectivity index (χ3n) is 5.95. The molecule has 0 aliphatic heterocycles. The molecule has 0 aliphatic carbocycles. The molecule has 0 saturated carbocycles. The molecule has 1 aromatic heterocycles. The van der Waals surface area contributed by atoms with Crippen molar-refractivity contribution in [1.29, 1.82) is 0 Å². The van der Waals surface area contributed by atoms with Crippen molar-refractivity contribution in [2.75, 3.05) is 18.6 Å². The van der Waals surface area contributed by atoms with Crippen LogP contribution in [0.4, 0.5) is 0 Å². The summed E-state index contributed by atoms with van der Waals surface area (Å²) in [6.45, 7) is 0.432. The predicted octanol–water partition coefficient (Wildman–Crippen LogP) is 4.97. The van der Waals surface area contributed by atoms with E-state index in [4.69, 9.17) is 0 Å². The first-order valence-corrected chi connectivity index (χ1v) is 12.8. The molecule has 0 bridgehead atoms. The van der Waals surface area contributed by atoms with E-state index >= 15 is 0 Å². The highest BCUT2D eigenvalue weighted by atomic mass is 32.2. The van der Waals surface area contributed by atoms with E-state index in [0.29, 0.717) is 18.5 Å². The zero-order valence-corrected chi connectivity index (χ0v) is 20.0. The second-order valence-electron chi connectivity index (χ2n) is 8.17. The Bertz CT molecular complexity index is 1220. The summed E-state index contributed by atoms with van der Waals surface area (Å²) >= 11 is 1.66. The normalized spacial score (nSPS) is 12.7. The molecule has 0 radical (unpaired) electrons. The van der Waals surface area contributed by atoms with E-state index in [-0.39, 0.29) is 17.7 Å². The van der Waals surface area contributed by atoms with Crippen LogP contribution < -0.4 is 10.6 Å². The van der Waals surface area contributed by atoms with Gasteiger partial charge < -0.3 is 15.6 Å². The molecule has 0 spiro atoms. The predicted molar refractivity (Wildman–Crippen MR) is 140 cm³/mol. The largest absolute Gasteiger partial charge is 0.361 e. The van der Waals surface area contributed by atoms with Gasteiger partial charge >= 0.3 is 0 Å². The maximum absolute atomic E-state index is 13.2. The SMILES string of the molecule is CSCCC(NC(=O)c1ccccc1)C(=O)NCC(c1ccccc1)c1c[nH]c2ccccc12. The Kier molecular flexibility index (Phi) is 8.04. The molecule has 2 unspecified atom stereocenters. The van der Waals surface area contributed by atoms with E-state index in [1.54, 1.807) is 23.9 Å². The van der Waals surface area contributed by atoms with E-state index in [2.05, 4.69) is 39.9 Å². The number of hydrogen-bond donors (Lipinski definition) is 3. The average Bonchev–Trinajstić information content (AvgIpc) is 3.31. The molecule has 1 heterocycles. The summed E-state index contributed by atoms with van der Waals surface area (Å²) < 4.78 is 0. The van der Waals surface area contributed by atoms with Crippen LogP contribution in [-0.2, 0) is 4.79 Å². The van der Waals surface area contributed by atoms with Crippen LogP contribution in [0, 0.1) is 0 Å². The van der Waals surface area contributed by atoms with Crippen molar-refractivity contribution in [3.63, 3.8) is 0 Å². The smallest absolute Gasteiger partial charge is 0.251 e. The molecule has 2 amide bonds. The number of nitrogens with one attached hydrogen (secondary N) is 3. The summed E-state index contributed by atoms with van der Waals surface area (Å²) in [4.78, 5) is 29.3. The van der Waals surface area contributed by atoms with Crippen LogP contribution in [0.15, 0.2) is 91.1 Å². The number of rotatable bonds is 10. The van der Waals surface area contributed by atoms with Crippen molar-refractivity contribution in [2.45, 2.75) is 18.4 Å². The van der Waals surface area contributed by atoms with Gasteiger partial charge in [-0.25, -0.2) is 0 Å². The van der Waals surface area contributed by atoms with Crippen molar-refractivity contribution < 1.29 is 9.59 Å². The minimum absolute atomic E-state index is 0.0210. The van der Waals surface area contributed by atoms with Crippen LogP contribution in [0.3, 0.4) is 0 Å². The molecule has 0 saturated heterocycles. The Balaban J connectivity index is 1.53. The summed E-state index contributed by atoms with van der Waals surface area (Å²) in [6, 6.07) is 26.8. The molecule has 4 rings (SSSR count). The Morgan fingerprint density at radius 2 is 1.59 bits per heavy atom. The first kappa shape index (κ1) is 23.6. The number of amides is 2. The lowest BCUT2D eigenvalue weighted by Crippen LogP contribution is -2.48. The van der Waals surface area contributed by atoms with Gasteiger partial charge in [0.2, 0.25) is 5.91 Å². The molecular weight excluding hydrogens is 442 g/mol. The van der Waals surface area contributed by atoms with Gasteiger partial charge in [0.25, 0.3) is 5.91 Å². The van der Waals surface area contributed by atoms with E-state index in [9.17, 15) is 9.59 Å². The van der Waals surface area contributed by atoms with Crippen molar-refractivity contribution in [3.05, 3.63) is 108 Å². The van der Waals surface area contributed by atoms with Crippen molar-refractivity contribution in [2.24, 2.45) is 0 Å². The molecule has 3 aromatic carbocycles. The van der Waals surface area contributed by atoms with Crippen LogP contribution in [-0.4, -0.2) is 41.4 Å². The molecule has 2 atom stereocenters. The minimum atomic E-state index is -0.598. The molecule has 5 nitrogen and oxygen atoms in total. The fourth-order valence-corrected chi connectivity index (χ4v) is 4.61. The zero-order valence-electron chi connectivity index (χ0n) is 19.2. The van der Waals surface area contributed by atoms with E-state index in [1.807, 2.05) is 61.0 Å². The molecule has 0 aliphatic rings. The molecule has 174 valence electrons. The maximum Gasteiger partial charge on any atom is 0.251 e. The standard InChI is InChI=1S/C28H29N3O2S/c1-34-17-16-26(31-27(32)21-12-6-3-7-13-21)28(33)30-18-23(20-10-4-2-5-11-20)24-19-29-25-15-9-8-14-22(24)25/h2-15,19,23,26,29H,16-18H2,1H3,(H,30,33)(H,31,32). The molecule has 4 aromatic rings. The highest BCUT2D eigenvalue weighted by molar-refractivity contribution is 7.98. The Labute approximate surface area is 204 Å². The van der Waals surface area contributed by atoms with Crippen molar-refractivity contribution in [3.8, 4) is 0 Å². The number of fused-ring (bicyclic) bond motifs is 1. The second-order valence-corrected chi connectivity index (χ2v) is 9.16. The van der Waals surface area contributed by atoms with E-state index in [1.165, 1.54) is 0 Å². The molecule has 34 heavy (non-hydrogen) atoms. The number of aromatic amines is 1. The topological polar surface area (TPSA) is 74.0 Å². The Morgan fingerprint density at radius 1 is 0.912 bits per heavy atom. The number of aromatic nitrogens is 1. The van der Waals surface area contributed by atoms with Gasteiger partial charge in [-0.1, -0.05) is 66.7 Å². The summed E-state index contributed by atoms with van der Waals surface area (Å²) in [5, 5.41) is 7.19. The van der Waals surface area contributed by atoms with Gasteiger partial charge in [0, 0.05) is 35.1 Å². The molecule has 0 fully saturated rings. The monoisotopic (exact) mass is 471 g/mol. The average molecular weight is 472 g/mol. The quantitative estimate of drug-likeness (QED) is 0.306. The first-order chi connectivity index (χ1) is 16.7. The minimum Gasteiger partial charge on any atom is -0.361 e. The van der Waals surface area contributed by atoms with Crippen LogP contribution in [0.25, 0.3) is 10.9 Å². The van der Waals surface area contributed by atoms with Crippen LogP contribution in [0.2, 0.25) is 0 Å². The maximum atomic E-state index is 13.2. The van der Waals surface area contributed by atoms with Crippen LogP contribution in [0.1, 0.15) is 33.8 Å². The van der Waals surface area contributed by atoms with Gasteiger partial charge in [0.05, 0.1) is 0 Å². The van der Waals surface area contributed by atoms with Gasteiger partial charge in [-0.2, -0.15) is 11.8 Å². The molecular formula is C28H29N3O2S. The second kappa shape index (κ2) is 11.6. The molecule has 6 heteroatoms. The number of carbonyl (C=O) groups is 2. The molecule has 3 N–H and O–H groups in total. The zero-order chi connectivity index (χ0) is 23.8. The van der Waals surface area contributed by atoms with Gasteiger partial charge in [-0.05, 0) is 47.8 Å². The number of benzene rings is 3. The van der Waals surface area contributed by atoms with E-state index < -0.39 is 6.04 Å².